The molecule has 0 aliphatic heterocycles. The van der Waals surface area contributed by atoms with Crippen molar-refractivity contribution in [3.63, 3.8) is 0 Å². The van der Waals surface area contributed by atoms with Crippen LogP contribution in [0.2, 0.25) is 5.15 Å². The molecule has 1 aromatic heterocycles. The molecule has 1 aromatic rings. The molecule has 0 radical (unpaired) electrons. The summed E-state index contributed by atoms with van der Waals surface area (Å²) >= 11 is 5.72. The molecule has 0 amide bonds. The lowest BCUT2D eigenvalue weighted by molar-refractivity contribution is 0.282. The number of hydrogen-bond donors (Lipinski definition) is 1. The van der Waals surface area contributed by atoms with E-state index in [0.717, 1.165) is 11.4 Å². The van der Waals surface area contributed by atoms with Crippen LogP contribution in [0.5, 0.6) is 0 Å². The zero-order valence-electron chi connectivity index (χ0n) is 7.08. The summed E-state index contributed by atoms with van der Waals surface area (Å²) in [5.74, 6) is 0.756. The molecule has 0 atom stereocenters. The normalized spacial score (nSPS) is 10.0. The van der Waals surface area contributed by atoms with Gasteiger partial charge in [0.15, 0.2) is 0 Å². The van der Waals surface area contributed by atoms with Gasteiger partial charge in [-0.1, -0.05) is 11.6 Å². The molecule has 0 bridgehead atoms. The molecule has 0 unspecified atom stereocenters. The van der Waals surface area contributed by atoms with Gasteiger partial charge in [-0.2, -0.15) is 0 Å². The van der Waals surface area contributed by atoms with Gasteiger partial charge in [0, 0.05) is 14.1 Å². The molecule has 66 valence electrons. The second-order valence-corrected chi connectivity index (χ2v) is 3.10. The topological polar surface area (TPSA) is 36.4 Å². The molecule has 1 heterocycles. The molecular formula is C8H11ClN2O. The first-order valence-electron chi connectivity index (χ1n) is 3.58. The predicted molar refractivity (Wildman–Crippen MR) is 49.5 cm³/mol. The van der Waals surface area contributed by atoms with E-state index < -0.39 is 0 Å². The fourth-order valence-corrected chi connectivity index (χ4v) is 1.08. The standard InChI is InChI=1S/C8H11ClN2O/c1-11(2)8-4-6(5-12)3-7(9)10-8/h3-4,12H,5H2,1-2H3. The highest BCUT2D eigenvalue weighted by atomic mass is 35.5. The molecule has 0 aliphatic carbocycles. The van der Waals surface area contributed by atoms with Crippen molar-refractivity contribution in [2.45, 2.75) is 6.61 Å². The first-order chi connectivity index (χ1) is 5.63. The van der Waals surface area contributed by atoms with Crippen molar-refractivity contribution in [3.05, 3.63) is 22.8 Å². The van der Waals surface area contributed by atoms with E-state index in [-0.39, 0.29) is 6.61 Å². The molecule has 0 aliphatic rings. The molecule has 12 heavy (non-hydrogen) atoms. The maximum Gasteiger partial charge on any atom is 0.131 e. The Bertz CT molecular complexity index is 276. The number of halogens is 1. The van der Waals surface area contributed by atoms with Crippen molar-refractivity contribution < 1.29 is 5.11 Å². The molecule has 0 fully saturated rings. The smallest absolute Gasteiger partial charge is 0.131 e. The van der Waals surface area contributed by atoms with Crippen molar-refractivity contribution in [2.75, 3.05) is 19.0 Å². The summed E-state index contributed by atoms with van der Waals surface area (Å²) in [5.41, 5.74) is 0.777. The summed E-state index contributed by atoms with van der Waals surface area (Å²) in [7, 11) is 3.75. The maximum atomic E-state index is 8.86. The first kappa shape index (κ1) is 9.29. The van der Waals surface area contributed by atoms with Gasteiger partial charge in [0.25, 0.3) is 0 Å². The van der Waals surface area contributed by atoms with Gasteiger partial charge in [0.05, 0.1) is 6.61 Å². The predicted octanol–water partition coefficient (Wildman–Crippen LogP) is 1.29. The molecule has 1 N–H and O–H groups in total. The average molecular weight is 187 g/mol. The Morgan fingerprint density at radius 2 is 2.17 bits per heavy atom. The van der Waals surface area contributed by atoms with Gasteiger partial charge in [0.2, 0.25) is 0 Å². The van der Waals surface area contributed by atoms with Crippen LogP contribution in [0.1, 0.15) is 5.56 Å². The van der Waals surface area contributed by atoms with Crippen LogP contribution in [0.25, 0.3) is 0 Å². The van der Waals surface area contributed by atoms with Gasteiger partial charge in [-0.15, -0.1) is 0 Å². The lowest BCUT2D eigenvalue weighted by atomic mass is 10.3. The third kappa shape index (κ3) is 2.09. The third-order valence-electron chi connectivity index (χ3n) is 1.48. The summed E-state index contributed by atoms with van der Waals surface area (Å²) < 4.78 is 0. The summed E-state index contributed by atoms with van der Waals surface area (Å²) in [6, 6.07) is 3.44. The molecule has 1 rings (SSSR count). The zero-order valence-corrected chi connectivity index (χ0v) is 7.84. The van der Waals surface area contributed by atoms with Crippen molar-refractivity contribution in [1.29, 1.82) is 0 Å². The van der Waals surface area contributed by atoms with E-state index in [1.54, 1.807) is 12.1 Å². The zero-order chi connectivity index (χ0) is 9.14. The Morgan fingerprint density at radius 1 is 1.50 bits per heavy atom. The Labute approximate surface area is 76.6 Å². The Hall–Kier alpha value is -0.800. The summed E-state index contributed by atoms with van der Waals surface area (Å²) in [6.07, 6.45) is 0. The Morgan fingerprint density at radius 3 is 2.67 bits per heavy atom. The van der Waals surface area contributed by atoms with Crippen LogP contribution < -0.4 is 4.90 Å². The summed E-state index contributed by atoms with van der Waals surface area (Å²) in [5, 5.41) is 9.27. The largest absolute Gasteiger partial charge is 0.392 e. The number of aliphatic hydroxyl groups is 1. The highest BCUT2D eigenvalue weighted by Crippen LogP contribution is 2.15. The fourth-order valence-electron chi connectivity index (χ4n) is 0.855. The van der Waals surface area contributed by atoms with E-state index in [2.05, 4.69) is 4.98 Å². The molecule has 0 saturated heterocycles. The number of anilines is 1. The second kappa shape index (κ2) is 3.74. The highest BCUT2D eigenvalue weighted by molar-refractivity contribution is 6.29. The number of rotatable bonds is 2. The lowest BCUT2D eigenvalue weighted by Crippen LogP contribution is -2.11. The minimum atomic E-state index is -0.0108. The van der Waals surface area contributed by atoms with Gasteiger partial charge in [0.1, 0.15) is 11.0 Å². The highest BCUT2D eigenvalue weighted by Gasteiger charge is 2.01. The van der Waals surface area contributed by atoms with Crippen LogP contribution in [0.4, 0.5) is 5.82 Å². The van der Waals surface area contributed by atoms with Crippen LogP contribution in [0.15, 0.2) is 12.1 Å². The van der Waals surface area contributed by atoms with Crippen molar-refractivity contribution in [1.82, 2.24) is 4.98 Å². The summed E-state index contributed by atoms with van der Waals surface area (Å²) in [4.78, 5) is 5.90. The van der Waals surface area contributed by atoms with E-state index in [1.807, 2.05) is 19.0 Å². The quantitative estimate of drug-likeness (QED) is 0.708. The van der Waals surface area contributed by atoms with Gasteiger partial charge in [-0.25, -0.2) is 4.98 Å². The average Bonchev–Trinajstić information content (AvgIpc) is 2.03. The van der Waals surface area contributed by atoms with Crippen molar-refractivity contribution in [2.24, 2.45) is 0 Å². The number of aliphatic hydroxyl groups excluding tert-OH is 1. The monoisotopic (exact) mass is 186 g/mol. The van der Waals surface area contributed by atoms with E-state index >= 15 is 0 Å². The van der Waals surface area contributed by atoms with Crippen molar-refractivity contribution in [3.8, 4) is 0 Å². The minimum Gasteiger partial charge on any atom is -0.392 e. The summed E-state index contributed by atoms with van der Waals surface area (Å²) in [6.45, 7) is -0.0108. The van der Waals surface area contributed by atoms with Gasteiger partial charge in [-0.3, -0.25) is 0 Å². The van der Waals surface area contributed by atoms with Gasteiger partial charge < -0.3 is 10.0 Å². The van der Waals surface area contributed by atoms with Crippen LogP contribution in [0.3, 0.4) is 0 Å². The van der Waals surface area contributed by atoms with Gasteiger partial charge in [-0.05, 0) is 17.7 Å². The van der Waals surface area contributed by atoms with Crippen LogP contribution in [-0.2, 0) is 6.61 Å². The fraction of sp³-hybridized carbons (Fsp3) is 0.375. The second-order valence-electron chi connectivity index (χ2n) is 2.71. The number of hydrogen-bond acceptors (Lipinski definition) is 3. The number of pyridine rings is 1. The molecule has 0 saturated carbocycles. The number of nitrogens with zero attached hydrogens (tertiary/aromatic N) is 2. The molecule has 0 aromatic carbocycles. The molecule has 0 spiro atoms. The van der Waals surface area contributed by atoms with E-state index in [0.29, 0.717) is 5.15 Å². The Kier molecular flexibility index (Phi) is 2.89. The van der Waals surface area contributed by atoms with Crippen LogP contribution in [-0.4, -0.2) is 24.2 Å². The van der Waals surface area contributed by atoms with Crippen LogP contribution >= 0.6 is 11.6 Å². The molecule has 3 nitrogen and oxygen atoms in total. The van der Waals surface area contributed by atoms with Crippen molar-refractivity contribution >= 4 is 17.4 Å². The lowest BCUT2D eigenvalue weighted by Gasteiger charge is -2.12. The minimum absolute atomic E-state index is 0.0108. The third-order valence-corrected chi connectivity index (χ3v) is 1.67. The Balaban J connectivity index is 3.06. The van der Waals surface area contributed by atoms with Crippen LogP contribution in [0, 0.1) is 0 Å². The van der Waals surface area contributed by atoms with E-state index in [1.165, 1.54) is 0 Å². The molecular weight excluding hydrogens is 176 g/mol. The first-order valence-corrected chi connectivity index (χ1v) is 3.96. The van der Waals surface area contributed by atoms with E-state index in [4.69, 9.17) is 16.7 Å². The maximum absolute atomic E-state index is 8.86. The number of aromatic nitrogens is 1. The molecule has 4 heteroatoms. The van der Waals surface area contributed by atoms with Gasteiger partial charge >= 0.3 is 0 Å². The SMILES string of the molecule is CN(C)c1cc(CO)cc(Cl)n1. The van der Waals surface area contributed by atoms with E-state index in [9.17, 15) is 0 Å².